The molecule has 0 N–H and O–H groups in total. The molecule has 0 unspecified atom stereocenters. The van der Waals surface area contributed by atoms with Crippen molar-refractivity contribution in [2.45, 2.75) is 26.4 Å². The van der Waals surface area contributed by atoms with E-state index in [1.54, 1.807) is 0 Å². The molecule has 1 aliphatic rings. The minimum atomic E-state index is -0.404. The van der Waals surface area contributed by atoms with E-state index in [4.69, 9.17) is 9.47 Å². The van der Waals surface area contributed by atoms with E-state index in [9.17, 15) is 4.79 Å². The lowest BCUT2D eigenvalue weighted by atomic mass is 10.2. The second kappa shape index (κ2) is 3.27. The van der Waals surface area contributed by atoms with Crippen molar-refractivity contribution in [3.05, 3.63) is 11.6 Å². The molecule has 0 amide bonds. The predicted octanol–water partition coefficient (Wildman–Crippen LogP) is 1.28. The van der Waals surface area contributed by atoms with Gasteiger partial charge in [0.25, 0.3) is 0 Å². The molecule has 1 fully saturated rings. The monoisotopic (exact) mass is 170 g/mol. The number of carbonyl (C=O) groups is 1. The van der Waals surface area contributed by atoms with E-state index in [2.05, 4.69) is 0 Å². The summed E-state index contributed by atoms with van der Waals surface area (Å²) in [4.78, 5) is 11.1. The average molecular weight is 170 g/mol. The van der Waals surface area contributed by atoms with Gasteiger partial charge in [-0.25, -0.2) is 4.79 Å². The van der Waals surface area contributed by atoms with Crippen LogP contribution in [0.15, 0.2) is 11.6 Å². The lowest BCUT2D eigenvalue weighted by Crippen LogP contribution is -2.24. The topological polar surface area (TPSA) is 35.5 Å². The van der Waals surface area contributed by atoms with Crippen molar-refractivity contribution in [3.8, 4) is 0 Å². The summed E-state index contributed by atoms with van der Waals surface area (Å²) in [5.41, 5.74) is 0.600. The molecule has 0 aromatic heterocycles. The van der Waals surface area contributed by atoms with Crippen molar-refractivity contribution < 1.29 is 14.3 Å². The summed E-state index contributed by atoms with van der Waals surface area (Å²) in [5, 5.41) is 0. The quantitative estimate of drug-likeness (QED) is 0.439. The fraction of sp³-hybridized carbons (Fsp3) is 0.667. The van der Waals surface area contributed by atoms with Crippen LogP contribution in [-0.2, 0) is 14.3 Å². The molecule has 0 aromatic rings. The molecule has 1 rings (SSSR count). The Morgan fingerprint density at radius 1 is 1.50 bits per heavy atom. The van der Waals surface area contributed by atoms with Crippen LogP contribution >= 0.6 is 0 Å². The summed E-state index contributed by atoms with van der Waals surface area (Å²) >= 11 is 0. The van der Waals surface area contributed by atoms with Gasteiger partial charge in [-0.15, -0.1) is 0 Å². The summed E-state index contributed by atoms with van der Waals surface area (Å²) in [6.07, 6.45) is 1.51. The van der Waals surface area contributed by atoms with Crippen LogP contribution in [0.5, 0.6) is 0 Å². The Kier molecular flexibility index (Phi) is 2.52. The van der Waals surface area contributed by atoms with Gasteiger partial charge < -0.3 is 9.47 Å². The van der Waals surface area contributed by atoms with Crippen molar-refractivity contribution in [1.82, 2.24) is 0 Å². The second-order valence-electron chi connectivity index (χ2n) is 3.83. The predicted molar refractivity (Wildman–Crippen MR) is 44.7 cm³/mol. The van der Waals surface area contributed by atoms with Gasteiger partial charge in [0, 0.05) is 6.08 Å². The molecule has 12 heavy (non-hydrogen) atoms. The summed E-state index contributed by atoms with van der Waals surface area (Å²) in [6, 6.07) is 0. The highest BCUT2D eigenvalue weighted by Gasteiger charge is 2.17. The molecular weight excluding hydrogens is 156 g/mol. The number of hydrogen-bond acceptors (Lipinski definition) is 3. The molecule has 0 saturated carbocycles. The second-order valence-corrected chi connectivity index (χ2v) is 3.83. The summed E-state index contributed by atoms with van der Waals surface area (Å²) in [7, 11) is 0. The SMILES string of the molecule is CC(C)(C)OC(=O)C=C1COC1. The molecule has 0 bridgehead atoms. The van der Waals surface area contributed by atoms with E-state index >= 15 is 0 Å². The van der Waals surface area contributed by atoms with Crippen LogP contribution < -0.4 is 0 Å². The standard InChI is InChI=1S/C9H14O3/c1-9(2,3)12-8(10)4-7-5-11-6-7/h4H,5-6H2,1-3H3. The van der Waals surface area contributed by atoms with Crippen molar-refractivity contribution in [2.24, 2.45) is 0 Å². The molecular formula is C9H14O3. The first-order valence-electron chi connectivity index (χ1n) is 3.97. The van der Waals surface area contributed by atoms with E-state index in [-0.39, 0.29) is 5.97 Å². The summed E-state index contributed by atoms with van der Waals surface area (Å²) in [6.45, 7) is 6.68. The minimum Gasteiger partial charge on any atom is -0.457 e. The molecule has 68 valence electrons. The zero-order valence-corrected chi connectivity index (χ0v) is 7.72. The highest BCUT2D eigenvalue weighted by Crippen LogP contribution is 2.11. The lowest BCUT2D eigenvalue weighted by Gasteiger charge is -2.20. The molecule has 1 saturated heterocycles. The first-order valence-corrected chi connectivity index (χ1v) is 3.97. The van der Waals surface area contributed by atoms with Crippen molar-refractivity contribution in [1.29, 1.82) is 0 Å². The zero-order chi connectivity index (χ0) is 9.19. The van der Waals surface area contributed by atoms with Crippen LogP contribution in [0.4, 0.5) is 0 Å². The van der Waals surface area contributed by atoms with Gasteiger partial charge in [-0.2, -0.15) is 0 Å². The maximum absolute atomic E-state index is 11.1. The Morgan fingerprint density at radius 3 is 2.42 bits per heavy atom. The molecule has 3 heteroatoms. The number of rotatable bonds is 1. The van der Waals surface area contributed by atoms with E-state index in [1.165, 1.54) is 6.08 Å². The first-order chi connectivity index (χ1) is 5.47. The molecule has 0 aliphatic carbocycles. The Bertz CT molecular complexity index is 204. The number of ether oxygens (including phenoxy) is 2. The largest absolute Gasteiger partial charge is 0.457 e. The van der Waals surface area contributed by atoms with Gasteiger partial charge in [-0.05, 0) is 26.3 Å². The molecule has 0 aromatic carbocycles. The zero-order valence-electron chi connectivity index (χ0n) is 7.72. The van der Waals surface area contributed by atoms with Gasteiger partial charge in [0.15, 0.2) is 0 Å². The van der Waals surface area contributed by atoms with E-state index in [0.717, 1.165) is 5.57 Å². The molecule has 3 nitrogen and oxygen atoms in total. The van der Waals surface area contributed by atoms with Gasteiger partial charge in [0.05, 0.1) is 13.2 Å². The third kappa shape index (κ3) is 3.05. The van der Waals surface area contributed by atoms with Gasteiger partial charge in [-0.3, -0.25) is 0 Å². The van der Waals surface area contributed by atoms with Crippen molar-refractivity contribution in [2.75, 3.05) is 13.2 Å². The summed E-state index contributed by atoms with van der Waals surface area (Å²) in [5.74, 6) is -0.277. The normalized spacial score (nSPS) is 16.8. The van der Waals surface area contributed by atoms with Gasteiger partial charge in [0.1, 0.15) is 5.60 Å². The number of esters is 1. The lowest BCUT2D eigenvalue weighted by molar-refractivity contribution is -0.148. The maximum atomic E-state index is 11.1. The van der Waals surface area contributed by atoms with Crippen LogP contribution in [0.25, 0.3) is 0 Å². The minimum absolute atomic E-state index is 0.277. The van der Waals surface area contributed by atoms with Gasteiger partial charge >= 0.3 is 5.97 Å². The van der Waals surface area contributed by atoms with E-state index < -0.39 is 5.60 Å². The Labute approximate surface area is 72.4 Å². The fourth-order valence-corrected chi connectivity index (χ4v) is 0.801. The van der Waals surface area contributed by atoms with Gasteiger partial charge in [0.2, 0.25) is 0 Å². The Morgan fingerprint density at radius 2 is 2.08 bits per heavy atom. The third-order valence-electron chi connectivity index (χ3n) is 1.30. The summed E-state index contributed by atoms with van der Waals surface area (Å²) < 4.78 is 9.96. The van der Waals surface area contributed by atoms with Crippen LogP contribution in [0, 0.1) is 0 Å². The molecule has 0 radical (unpaired) electrons. The first kappa shape index (κ1) is 9.26. The van der Waals surface area contributed by atoms with E-state index in [0.29, 0.717) is 13.2 Å². The molecule has 1 aliphatic heterocycles. The van der Waals surface area contributed by atoms with Crippen LogP contribution in [0.1, 0.15) is 20.8 Å². The highest BCUT2D eigenvalue weighted by molar-refractivity contribution is 5.83. The fourth-order valence-electron chi connectivity index (χ4n) is 0.801. The number of hydrogen-bond donors (Lipinski definition) is 0. The maximum Gasteiger partial charge on any atom is 0.331 e. The van der Waals surface area contributed by atoms with Crippen LogP contribution in [-0.4, -0.2) is 24.8 Å². The smallest absolute Gasteiger partial charge is 0.331 e. The van der Waals surface area contributed by atoms with Crippen molar-refractivity contribution in [3.63, 3.8) is 0 Å². The molecule has 1 heterocycles. The Hall–Kier alpha value is -0.830. The highest BCUT2D eigenvalue weighted by atomic mass is 16.6. The average Bonchev–Trinajstić information content (AvgIpc) is 1.74. The van der Waals surface area contributed by atoms with Crippen molar-refractivity contribution >= 4 is 5.97 Å². The number of carbonyl (C=O) groups excluding carboxylic acids is 1. The molecule has 0 atom stereocenters. The Balaban J connectivity index is 2.38. The van der Waals surface area contributed by atoms with Crippen LogP contribution in [0.3, 0.4) is 0 Å². The van der Waals surface area contributed by atoms with Gasteiger partial charge in [-0.1, -0.05) is 0 Å². The van der Waals surface area contributed by atoms with Crippen LogP contribution in [0.2, 0.25) is 0 Å². The third-order valence-corrected chi connectivity index (χ3v) is 1.30. The van der Waals surface area contributed by atoms with E-state index in [1.807, 2.05) is 20.8 Å². The molecule has 0 spiro atoms.